The van der Waals surface area contributed by atoms with Crippen LogP contribution in [0.1, 0.15) is 17.3 Å². The first kappa shape index (κ1) is 16.3. The summed E-state index contributed by atoms with van der Waals surface area (Å²) in [7, 11) is 0. The fourth-order valence-corrected chi connectivity index (χ4v) is 2.27. The zero-order valence-corrected chi connectivity index (χ0v) is 13.1. The summed E-state index contributed by atoms with van der Waals surface area (Å²) in [4.78, 5) is 39.9. The number of anilines is 2. The number of fused-ring (bicyclic) bond motifs is 1. The van der Waals surface area contributed by atoms with Gasteiger partial charge >= 0.3 is 0 Å². The summed E-state index contributed by atoms with van der Waals surface area (Å²) in [6, 6.07) is 8.71. The Balaban J connectivity index is 1.91. The number of rotatable bonds is 3. The lowest BCUT2D eigenvalue weighted by atomic mass is 10.2. The van der Waals surface area contributed by atoms with Crippen molar-refractivity contribution in [3.05, 3.63) is 70.5 Å². The average Bonchev–Trinajstić information content (AvgIpc) is 2.58. The summed E-state index contributed by atoms with van der Waals surface area (Å²) in [6.45, 7) is 1.24. The molecule has 0 aliphatic rings. The molecule has 0 aliphatic carbocycles. The van der Waals surface area contributed by atoms with Gasteiger partial charge in [0.25, 0.3) is 11.5 Å². The van der Waals surface area contributed by atoms with Gasteiger partial charge in [-0.3, -0.25) is 18.8 Å². The second kappa shape index (κ2) is 6.52. The summed E-state index contributed by atoms with van der Waals surface area (Å²) in [5.41, 5.74) is -0.105. The molecule has 3 rings (SSSR count). The zero-order chi connectivity index (χ0) is 18.0. The molecule has 2 N–H and O–H groups in total. The number of nitrogens with zero attached hydrogens (tertiary/aromatic N) is 2. The molecule has 25 heavy (non-hydrogen) atoms. The van der Waals surface area contributed by atoms with E-state index in [1.54, 1.807) is 18.2 Å². The van der Waals surface area contributed by atoms with Gasteiger partial charge in [-0.1, -0.05) is 6.07 Å². The maximum absolute atomic E-state index is 13.6. The molecule has 0 fully saturated rings. The number of hydrogen-bond donors (Lipinski definition) is 2. The molecule has 0 aliphatic heterocycles. The number of carbonyl (C=O) groups is 2. The quantitative estimate of drug-likeness (QED) is 0.763. The number of halogens is 1. The largest absolute Gasteiger partial charge is 0.324 e. The number of benzene rings is 1. The maximum Gasteiger partial charge on any atom is 0.270 e. The van der Waals surface area contributed by atoms with Crippen molar-refractivity contribution in [2.45, 2.75) is 6.92 Å². The highest BCUT2D eigenvalue weighted by molar-refractivity contribution is 6.04. The number of amides is 2. The Morgan fingerprint density at radius 1 is 1.16 bits per heavy atom. The molecular weight excluding hydrogens is 327 g/mol. The molecule has 0 saturated carbocycles. The predicted octanol–water partition coefficient (Wildman–Crippen LogP) is 2.04. The van der Waals surface area contributed by atoms with Crippen LogP contribution in [0.2, 0.25) is 0 Å². The van der Waals surface area contributed by atoms with Gasteiger partial charge in [0, 0.05) is 25.0 Å². The highest BCUT2D eigenvalue weighted by atomic mass is 19.1. The molecule has 7 nitrogen and oxygen atoms in total. The minimum absolute atomic E-state index is 0.0707. The van der Waals surface area contributed by atoms with E-state index in [-0.39, 0.29) is 16.9 Å². The molecule has 126 valence electrons. The van der Waals surface area contributed by atoms with Crippen LogP contribution in [0.15, 0.2) is 53.6 Å². The lowest BCUT2D eigenvalue weighted by molar-refractivity contribution is -0.114. The zero-order valence-electron chi connectivity index (χ0n) is 13.1. The third-order valence-corrected chi connectivity index (χ3v) is 3.39. The fraction of sp³-hybridized carbons (Fsp3) is 0.0588. The molecule has 2 heterocycles. The summed E-state index contributed by atoms with van der Waals surface area (Å²) in [5, 5.41) is 4.81. The number of aromatic nitrogens is 2. The molecule has 0 atom stereocenters. The lowest BCUT2D eigenvalue weighted by Crippen LogP contribution is -2.26. The molecule has 2 amide bonds. The van der Waals surface area contributed by atoms with Gasteiger partial charge in [0.15, 0.2) is 0 Å². The second-order valence-corrected chi connectivity index (χ2v) is 5.24. The molecule has 1 aromatic carbocycles. The maximum atomic E-state index is 13.6. The van der Waals surface area contributed by atoms with E-state index in [1.165, 1.54) is 35.9 Å². The molecule has 2 aromatic heterocycles. The van der Waals surface area contributed by atoms with E-state index in [1.807, 2.05) is 0 Å². The third kappa shape index (κ3) is 3.37. The van der Waals surface area contributed by atoms with Gasteiger partial charge in [-0.15, -0.1) is 0 Å². The predicted molar refractivity (Wildman–Crippen MR) is 90.1 cm³/mol. The number of nitrogens with one attached hydrogen (secondary N) is 2. The van der Waals surface area contributed by atoms with Crippen LogP contribution in [0.4, 0.5) is 15.8 Å². The fourth-order valence-electron chi connectivity index (χ4n) is 2.27. The number of hydrogen-bond acceptors (Lipinski definition) is 4. The van der Waals surface area contributed by atoms with Crippen LogP contribution in [0, 0.1) is 5.82 Å². The van der Waals surface area contributed by atoms with Crippen molar-refractivity contribution in [2.24, 2.45) is 0 Å². The van der Waals surface area contributed by atoms with E-state index in [0.717, 1.165) is 6.07 Å². The summed E-state index contributed by atoms with van der Waals surface area (Å²) in [6.07, 6.45) is 2.69. The Kier molecular flexibility index (Phi) is 4.25. The van der Waals surface area contributed by atoms with Crippen molar-refractivity contribution in [1.29, 1.82) is 0 Å². The highest BCUT2D eigenvalue weighted by Crippen LogP contribution is 2.20. The van der Waals surface area contributed by atoms with Gasteiger partial charge in [0.2, 0.25) is 5.91 Å². The summed E-state index contributed by atoms with van der Waals surface area (Å²) < 4.78 is 14.9. The highest BCUT2D eigenvalue weighted by Gasteiger charge is 2.14. The minimum Gasteiger partial charge on any atom is -0.324 e. The smallest absolute Gasteiger partial charge is 0.270 e. The molecule has 0 bridgehead atoms. The van der Waals surface area contributed by atoms with Crippen molar-refractivity contribution in [2.75, 3.05) is 10.6 Å². The molecule has 0 spiro atoms. The standard InChI is InChI=1S/C17H13FN4O3/c1-10(23)20-14-8-11(5-6-13(14)18)21-16(24)12-9-19-15-4-2-3-7-22(15)17(12)25/h2-9H,1H3,(H,20,23)(H,21,24). The molecular formula is C17H13FN4O3. The van der Waals surface area contributed by atoms with Crippen molar-refractivity contribution in [3.8, 4) is 0 Å². The van der Waals surface area contributed by atoms with Gasteiger partial charge in [-0.25, -0.2) is 9.37 Å². The molecule has 0 radical (unpaired) electrons. The van der Waals surface area contributed by atoms with E-state index in [2.05, 4.69) is 15.6 Å². The first-order valence-electron chi connectivity index (χ1n) is 7.30. The Labute approximate surface area is 141 Å². The summed E-state index contributed by atoms with van der Waals surface area (Å²) >= 11 is 0. The Bertz CT molecular complexity index is 1050. The van der Waals surface area contributed by atoms with E-state index in [4.69, 9.17) is 0 Å². The van der Waals surface area contributed by atoms with E-state index >= 15 is 0 Å². The van der Waals surface area contributed by atoms with Crippen LogP contribution in [0.5, 0.6) is 0 Å². The average molecular weight is 340 g/mol. The minimum atomic E-state index is -0.684. The van der Waals surface area contributed by atoms with E-state index < -0.39 is 23.2 Å². The topological polar surface area (TPSA) is 92.6 Å². The van der Waals surface area contributed by atoms with Gasteiger partial charge in [-0.2, -0.15) is 0 Å². The Hall–Kier alpha value is -3.55. The molecule has 3 aromatic rings. The van der Waals surface area contributed by atoms with Crippen LogP contribution in [-0.2, 0) is 4.79 Å². The van der Waals surface area contributed by atoms with Crippen LogP contribution >= 0.6 is 0 Å². The van der Waals surface area contributed by atoms with Crippen LogP contribution in [0.3, 0.4) is 0 Å². The SMILES string of the molecule is CC(=O)Nc1cc(NC(=O)c2cnc3ccccn3c2=O)ccc1F. The molecule has 0 saturated heterocycles. The number of pyridine rings is 1. The second-order valence-electron chi connectivity index (χ2n) is 5.24. The van der Waals surface area contributed by atoms with Crippen molar-refractivity contribution < 1.29 is 14.0 Å². The van der Waals surface area contributed by atoms with Gasteiger partial charge in [0.05, 0.1) is 5.69 Å². The Morgan fingerprint density at radius 2 is 1.96 bits per heavy atom. The van der Waals surface area contributed by atoms with E-state index in [9.17, 15) is 18.8 Å². The normalized spacial score (nSPS) is 10.5. The molecule has 8 heteroatoms. The van der Waals surface area contributed by atoms with Gasteiger partial charge in [0.1, 0.15) is 17.0 Å². The first-order chi connectivity index (χ1) is 12.0. The van der Waals surface area contributed by atoms with Crippen LogP contribution in [-0.4, -0.2) is 21.2 Å². The van der Waals surface area contributed by atoms with Crippen molar-refractivity contribution in [3.63, 3.8) is 0 Å². The van der Waals surface area contributed by atoms with Crippen molar-refractivity contribution >= 4 is 28.8 Å². The Morgan fingerprint density at radius 3 is 2.72 bits per heavy atom. The molecule has 0 unspecified atom stereocenters. The van der Waals surface area contributed by atoms with Crippen LogP contribution < -0.4 is 16.2 Å². The monoisotopic (exact) mass is 340 g/mol. The first-order valence-corrected chi connectivity index (χ1v) is 7.30. The van der Waals surface area contributed by atoms with Gasteiger partial charge < -0.3 is 10.6 Å². The number of carbonyl (C=O) groups excluding carboxylic acids is 2. The van der Waals surface area contributed by atoms with E-state index in [0.29, 0.717) is 5.65 Å². The third-order valence-electron chi connectivity index (χ3n) is 3.39. The van der Waals surface area contributed by atoms with Crippen LogP contribution in [0.25, 0.3) is 5.65 Å². The lowest BCUT2D eigenvalue weighted by Gasteiger charge is -2.09. The van der Waals surface area contributed by atoms with Crippen molar-refractivity contribution in [1.82, 2.24) is 9.38 Å². The summed E-state index contributed by atoms with van der Waals surface area (Å²) in [5.74, 6) is -1.77. The van der Waals surface area contributed by atoms with Gasteiger partial charge in [-0.05, 0) is 30.3 Å².